The summed E-state index contributed by atoms with van der Waals surface area (Å²) in [5.41, 5.74) is 0.510. The van der Waals surface area contributed by atoms with Crippen molar-refractivity contribution < 1.29 is 14.7 Å². The van der Waals surface area contributed by atoms with Gasteiger partial charge in [-0.05, 0) is 54.2 Å². The van der Waals surface area contributed by atoms with E-state index in [2.05, 4.69) is 31.8 Å². The van der Waals surface area contributed by atoms with Crippen LogP contribution in [-0.4, -0.2) is 28.9 Å². The fourth-order valence-electron chi connectivity index (χ4n) is 6.34. The van der Waals surface area contributed by atoms with E-state index in [1.807, 2.05) is 49.4 Å². The van der Waals surface area contributed by atoms with E-state index in [-0.39, 0.29) is 35.5 Å². The Kier molecular flexibility index (Phi) is 6.26. The molecule has 4 rings (SSSR count). The maximum Gasteiger partial charge on any atom is 0.235 e. The number of aliphatic hydroxyl groups excluding tert-OH is 1. The number of aliphatic hydroxyl groups is 1. The van der Waals surface area contributed by atoms with Crippen molar-refractivity contribution >= 4 is 11.7 Å². The van der Waals surface area contributed by atoms with Crippen LogP contribution in [0, 0.1) is 35.0 Å². The van der Waals surface area contributed by atoms with Crippen LogP contribution in [0.2, 0.25) is 0 Å². The zero-order valence-electron chi connectivity index (χ0n) is 19.3. The second-order valence-electron chi connectivity index (χ2n) is 10.2. The van der Waals surface area contributed by atoms with Gasteiger partial charge in [0.15, 0.2) is 5.78 Å². The second-order valence-corrected chi connectivity index (χ2v) is 10.2. The standard InChI is InChI=1S/C28H35NO3/c1-17-9-8-12-22-26(31)20(4)19(3)25-23(16-21-10-6-5-7-11-21)29-27(32)28(22,25)24(30)14-13-18(2)15-17/h5-8,10-14,17-19,22-23,25-26,31H,4,9,15-16H2,1-3H3,(H,29,32)/t17-,18-,19+,22-,23-,25-,26+,28+/m1/s1. The van der Waals surface area contributed by atoms with Crippen molar-refractivity contribution in [1.29, 1.82) is 0 Å². The van der Waals surface area contributed by atoms with Crippen LogP contribution < -0.4 is 5.32 Å². The molecule has 0 bridgehead atoms. The lowest BCUT2D eigenvalue weighted by atomic mass is 9.52. The minimum atomic E-state index is -1.32. The van der Waals surface area contributed by atoms with E-state index < -0.39 is 17.4 Å². The van der Waals surface area contributed by atoms with Gasteiger partial charge in [0.1, 0.15) is 5.41 Å². The zero-order chi connectivity index (χ0) is 23.0. The lowest BCUT2D eigenvalue weighted by Gasteiger charge is -2.48. The smallest absolute Gasteiger partial charge is 0.235 e. The fraction of sp³-hybridized carbons (Fsp3) is 0.500. The van der Waals surface area contributed by atoms with Crippen LogP contribution in [0.15, 0.2) is 66.8 Å². The van der Waals surface area contributed by atoms with Gasteiger partial charge in [0.25, 0.3) is 0 Å². The van der Waals surface area contributed by atoms with E-state index in [0.29, 0.717) is 17.9 Å². The monoisotopic (exact) mass is 433 g/mol. The van der Waals surface area contributed by atoms with Gasteiger partial charge in [-0.25, -0.2) is 0 Å². The van der Waals surface area contributed by atoms with Crippen LogP contribution >= 0.6 is 0 Å². The van der Waals surface area contributed by atoms with Gasteiger partial charge in [-0.1, -0.05) is 75.9 Å². The molecule has 1 saturated carbocycles. The van der Waals surface area contributed by atoms with Crippen molar-refractivity contribution in [3.63, 3.8) is 0 Å². The maximum absolute atomic E-state index is 13.9. The van der Waals surface area contributed by atoms with E-state index in [1.165, 1.54) is 0 Å². The number of benzene rings is 1. The third kappa shape index (κ3) is 3.69. The molecule has 1 saturated heterocycles. The summed E-state index contributed by atoms with van der Waals surface area (Å²) in [6, 6.07) is 9.86. The summed E-state index contributed by atoms with van der Waals surface area (Å²) in [7, 11) is 0. The molecule has 1 aromatic carbocycles. The molecule has 1 amide bonds. The number of nitrogens with one attached hydrogen (secondary N) is 1. The summed E-state index contributed by atoms with van der Waals surface area (Å²) in [6.07, 6.45) is 9.11. The quantitative estimate of drug-likeness (QED) is 0.541. The SMILES string of the molecule is C=C1[C@H](C)[C@@H]2[C@@H](Cc3ccccc3)NC(=O)[C@@]23C(=O)C=C[C@@H](C)C[C@H](C)CC=C[C@@H]3[C@H]1O. The van der Waals surface area contributed by atoms with Gasteiger partial charge in [-0.2, -0.15) is 0 Å². The highest BCUT2D eigenvalue weighted by Crippen LogP contribution is 2.56. The third-order valence-corrected chi connectivity index (χ3v) is 7.96. The van der Waals surface area contributed by atoms with Gasteiger partial charge in [-0.15, -0.1) is 0 Å². The predicted octanol–water partition coefficient (Wildman–Crippen LogP) is 4.26. The van der Waals surface area contributed by atoms with E-state index in [9.17, 15) is 14.7 Å². The van der Waals surface area contributed by atoms with Crippen molar-refractivity contribution in [2.45, 2.75) is 52.2 Å². The Balaban J connectivity index is 1.84. The molecule has 3 aliphatic rings. The van der Waals surface area contributed by atoms with Gasteiger partial charge in [0.05, 0.1) is 6.10 Å². The Hall–Kier alpha value is -2.46. The molecule has 1 aliphatic heterocycles. The average molecular weight is 434 g/mol. The first kappa shape index (κ1) is 22.7. The summed E-state index contributed by atoms with van der Waals surface area (Å²) in [6.45, 7) is 10.5. The number of hydrogen-bond acceptors (Lipinski definition) is 3. The highest BCUT2D eigenvalue weighted by molar-refractivity contribution is 6.13. The first-order chi connectivity index (χ1) is 15.3. The van der Waals surface area contributed by atoms with E-state index >= 15 is 0 Å². The van der Waals surface area contributed by atoms with Crippen molar-refractivity contribution in [2.24, 2.45) is 35.0 Å². The van der Waals surface area contributed by atoms with Gasteiger partial charge in [0.2, 0.25) is 5.91 Å². The van der Waals surface area contributed by atoms with Gasteiger partial charge < -0.3 is 10.4 Å². The molecule has 4 heteroatoms. The number of carbonyl (C=O) groups excluding carboxylic acids is 2. The average Bonchev–Trinajstić information content (AvgIpc) is 3.04. The van der Waals surface area contributed by atoms with Crippen LogP contribution in [0.25, 0.3) is 0 Å². The summed E-state index contributed by atoms with van der Waals surface area (Å²) in [4.78, 5) is 27.6. The summed E-state index contributed by atoms with van der Waals surface area (Å²) in [5, 5.41) is 14.4. The molecular formula is C28H35NO3. The van der Waals surface area contributed by atoms with Gasteiger partial charge in [0, 0.05) is 17.9 Å². The van der Waals surface area contributed by atoms with Gasteiger partial charge >= 0.3 is 0 Å². The van der Waals surface area contributed by atoms with Crippen molar-refractivity contribution in [2.75, 3.05) is 0 Å². The molecule has 8 atom stereocenters. The molecule has 0 aromatic heterocycles. The van der Waals surface area contributed by atoms with Crippen LogP contribution in [-0.2, 0) is 16.0 Å². The Morgan fingerprint density at radius 2 is 1.84 bits per heavy atom. The summed E-state index contributed by atoms with van der Waals surface area (Å²) < 4.78 is 0. The molecule has 32 heavy (non-hydrogen) atoms. The number of rotatable bonds is 2. The van der Waals surface area contributed by atoms with E-state index in [1.54, 1.807) is 6.08 Å². The Bertz CT molecular complexity index is 949. The highest BCUT2D eigenvalue weighted by atomic mass is 16.3. The number of carbonyl (C=O) groups is 2. The molecule has 2 aliphatic carbocycles. The summed E-state index contributed by atoms with van der Waals surface area (Å²) >= 11 is 0. The second kappa shape index (κ2) is 8.82. The number of allylic oxidation sites excluding steroid dienone is 3. The molecule has 2 fully saturated rings. The Morgan fingerprint density at radius 3 is 2.56 bits per heavy atom. The lowest BCUT2D eigenvalue weighted by Crippen LogP contribution is -2.58. The maximum atomic E-state index is 13.9. The van der Waals surface area contributed by atoms with Crippen LogP contribution in [0.3, 0.4) is 0 Å². The zero-order valence-corrected chi connectivity index (χ0v) is 19.3. The molecule has 1 heterocycles. The van der Waals surface area contributed by atoms with Crippen molar-refractivity contribution in [3.05, 3.63) is 72.4 Å². The topological polar surface area (TPSA) is 66.4 Å². The number of hydrogen-bond donors (Lipinski definition) is 2. The largest absolute Gasteiger partial charge is 0.388 e. The first-order valence-electron chi connectivity index (χ1n) is 11.9. The van der Waals surface area contributed by atoms with Crippen LogP contribution in [0.4, 0.5) is 0 Å². The fourth-order valence-corrected chi connectivity index (χ4v) is 6.34. The molecule has 0 unspecified atom stereocenters. The van der Waals surface area contributed by atoms with Crippen LogP contribution in [0.5, 0.6) is 0 Å². The predicted molar refractivity (Wildman–Crippen MR) is 127 cm³/mol. The molecule has 2 N–H and O–H groups in total. The number of amides is 1. The molecule has 1 aromatic rings. The molecule has 4 nitrogen and oxygen atoms in total. The summed E-state index contributed by atoms with van der Waals surface area (Å²) in [5.74, 6) is -0.797. The van der Waals surface area contributed by atoms with Crippen molar-refractivity contribution in [1.82, 2.24) is 5.32 Å². The van der Waals surface area contributed by atoms with Crippen molar-refractivity contribution in [3.8, 4) is 0 Å². The minimum absolute atomic E-state index is 0.166. The third-order valence-electron chi connectivity index (χ3n) is 7.96. The normalized spacial score (nSPS) is 39.8. The first-order valence-corrected chi connectivity index (χ1v) is 11.9. The lowest BCUT2D eigenvalue weighted by molar-refractivity contribution is -0.148. The Morgan fingerprint density at radius 1 is 1.12 bits per heavy atom. The minimum Gasteiger partial charge on any atom is -0.388 e. The molecular weight excluding hydrogens is 398 g/mol. The van der Waals surface area contributed by atoms with E-state index in [4.69, 9.17) is 0 Å². The van der Waals surface area contributed by atoms with Crippen LogP contribution in [0.1, 0.15) is 39.2 Å². The molecule has 170 valence electrons. The van der Waals surface area contributed by atoms with E-state index in [0.717, 1.165) is 18.4 Å². The highest BCUT2D eigenvalue weighted by Gasteiger charge is 2.67. The molecule has 0 radical (unpaired) electrons. The number of ketones is 1. The van der Waals surface area contributed by atoms with Gasteiger partial charge in [-0.3, -0.25) is 9.59 Å². The molecule has 1 spiro atoms. The Labute approximate surface area is 191 Å².